The van der Waals surface area contributed by atoms with Crippen molar-refractivity contribution < 1.29 is 31.9 Å². The molecule has 1 aliphatic rings. The van der Waals surface area contributed by atoms with Crippen molar-refractivity contribution in [1.29, 1.82) is 0 Å². The largest absolute Gasteiger partial charge is 0.484 e. The zero-order valence-electron chi connectivity index (χ0n) is 17.7. The Balaban J connectivity index is 1.43. The van der Waals surface area contributed by atoms with E-state index in [1.165, 1.54) is 11.3 Å². The molecule has 1 aromatic carbocycles. The summed E-state index contributed by atoms with van der Waals surface area (Å²) in [6.07, 6.45) is 2.43. The summed E-state index contributed by atoms with van der Waals surface area (Å²) >= 11 is 1.27. The molecule has 1 amide bonds. The molecule has 174 valence electrons. The molecule has 2 aromatic heterocycles. The molecule has 4 rings (SSSR count). The number of anilines is 1. The molecule has 0 unspecified atom stereocenters. The smallest absolute Gasteiger partial charge is 0.341 e. The van der Waals surface area contributed by atoms with Crippen LogP contribution in [-0.2, 0) is 38.8 Å². The van der Waals surface area contributed by atoms with E-state index in [4.69, 9.17) is 13.9 Å². The second-order valence-electron chi connectivity index (χ2n) is 7.15. The first-order chi connectivity index (χ1) is 15.9. The highest BCUT2D eigenvalue weighted by Crippen LogP contribution is 2.39. The van der Waals surface area contributed by atoms with E-state index in [2.05, 4.69) is 15.5 Å². The van der Waals surface area contributed by atoms with Crippen LogP contribution in [0.5, 0.6) is 5.75 Å². The van der Waals surface area contributed by atoms with E-state index in [-0.39, 0.29) is 19.1 Å². The third kappa shape index (κ3) is 5.22. The van der Waals surface area contributed by atoms with Gasteiger partial charge < -0.3 is 19.2 Å². The molecule has 0 fully saturated rings. The van der Waals surface area contributed by atoms with Gasteiger partial charge in [0.2, 0.25) is 15.7 Å². The maximum absolute atomic E-state index is 12.6. The molecule has 1 N–H and O–H groups in total. The summed E-state index contributed by atoms with van der Waals surface area (Å²) in [6.45, 7) is 1.76. The number of aromatic nitrogens is 2. The first kappa shape index (κ1) is 22.9. The number of thiophene rings is 1. The number of nitrogens with zero attached hydrogens (tertiary/aromatic N) is 2. The number of para-hydroxylation sites is 1. The van der Waals surface area contributed by atoms with E-state index in [0.717, 1.165) is 23.3 Å². The van der Waals surface area contributed by atoms with E-state index in [1.54, 1.807) is 31.2 Å². The van der Waals surface area contributed by atoms with Gasteiger partial charge in [0.25, 0.3) is 5.89 Å². The molecule has 33 heavy (non-hydrogen) atoms. The Bertz CT molecular complexity index is 1270. The Morgan fingerprint density at radius 1 is 1.18 bits per heavy atom. The van der Waals surface area contributed by atoms with Gasteiger partial charge in [0.1, 0.15) is 16.5 Å². The van der Waals surface area contributed by atoms with Crippen molar-refractivity contribution in [2.75, 3.05) is 17.7 Å². The molecule has 0 spiro atoms. The van der Waals surface area contributed by atoms with Gasteiger partial charge in [0.15, 0.2) is 6.61 Å². The highest BCUT2D eigenvalue weighted by molar-refractivity contribution is 7.91. The maximum Gasteiger partial charge on any atom is 0.341 e. The Hall–Kier alpha value is -3.25. The normalized spacial score (nSPS) is 12.9. The zero-order chi connectivity index (χ0) is 23.4. The van der Waals surface area contributed by atoms with Gasteiger partial charge in [0, 0.05) is 4.88 Å². The average Bonchev–Trinajstić information content (AvgIpc) is 3.49. The minimum absolute atomic E-state index is 0.0443. The fourth-order valence-corrected chi connectivity index (χ4v) is 5.62. The molecule has 0 saturated carbocycles. The first-order valence-electron chi connectivity index (χ1n) is 10.2. The average molecular weight is 492 g/mol. The Labute approximate surface area is 193 Å². The van der Waals surface area contributed by atoms with Crippen LogP contribution < -0.4 is 10.1 Å². The summed E-state index contributed by atoms with van der Waals surface area (Å²) in [5.74, 6) is -1.76. The highest BCUT2D eigenvalue weighted by atomic mass is 32.2. The fourth-order valence-electron chi connectivity index (χ4n) is 3.39. The minimum Gasteiger partial charge on any atom is -0.484 e. The van der Waals surface area contributed by atoms with Crippen molar-refractivity contribution in [1.82, 2.24) is 10.2 Å². The van der Waals surface area contributed by atoms with Crippen LogP contribution in [0.25, 0.3) is 0 Å². The van der Waals surface area contributed by atoms with Crippen molar-refractivity contribution in [2.24, 2.45) is 0 Å². The number of nitrogens with one attached hydrogen (secondary N) is 1. The Morgan fingerprint density at radius 3 is 2.73 bits per heavy atom. The standard InChI is InChI=1S/C21H21N3O7S2/c1-2-29-20(26)18-14-9-6-10-15(14)32-19(18)22-16(25)12-33(27,28)21-24-23-17(31-21)11-30-13-7-4-3-5-8-13/h3-5,7-8H,2,6,9-12H2,1H3,(H,22,25). The predicted octanol–water partition coefficient (Wildman–Crippen LogP) is 2.79. The zero-order valence-corrected chi connectivity index (χ0v) is 19.3. The number of aryl methyl sites for hydroxylation is 1. The van der Waals surface area contributed by atoms with Crippen molar-refractivity contribution in [3.05, 3.63) is 52.2 Å². The van der Waals surface area contributed by atoms with Gasteiger partial charge in [-0.1, -0.05) is 23.3 Å². The third-order valence-electron chi connectivity index (χ3n) is 4.79. The molecule has 0 radical (unpaired) electrons. The van der Waals surface area contributed by atoms with Crippen LogP contribution in [0.4, 0.5) is 5.00 Å². The lowest BCUT2D eigenvalue weighted by Gasteiger charge is -2.07. The van der Waals surface area contributed by atoms with Crippen LogP contribution in [0, 0.1) is 0 Å². The van der Waals surface area contributed by atoms with Crippen LogP contribution >= 0.6 is 11.3 Å². The van der Waals surface area contributed by atoms with Crippen LogP contribution in [0.3, 0.4) is 0 Å². The van der Waals surface area contributed by atoms with Crippen molar-refractivity contribution >= 4 is 38.1 Å². The number of amides is 1. The molecule has 3 aromatic rings. The molecule has 0 saturated heterocycles. The molecule has 1 aliphatic carbocycles. The first-order valence-corrected chi connectivity index (χ1v) is 12.7. The summed E-state index contributed by atoms with van der Waals surface area (Å²) in [4.78, 5) is 25.9. The van der Waals surface area contributed by atoms with Crippen LogP contribution in [0.2, 0.25) is 0 Å². The number of rotatable bonds is 9. The van der Waals surface area contributed by atoms with E-state index < -0.39 is 32.7 Å². The maximum atomic E-state index is 12.6. The quantitative estimate of drug-likeness (QED) is 0.448. The molecule has 0 atom stereocenters. The van der Waals surface area contributed by atoms with E-state index >= 15 is 0 Å². The van der Waals surface area contributed by atoms with E-state index in [0.29, 0.717) is 22.7 Å². The predicted molar refractivity (Wildman–Crippen MR) is 118 cm³/mol. The summed E-state index contributed by atoms with van der Waals surface area (Å²) in [5.41, 5.74) is 1.16. The minimum atomic E-state index is -4.20. The molecule has 2 heterocycles. The van der Waals surface area contributed by atoms with Gasteiger partial charge in [-0.15, -0.1) is 16.4 Å². The monoisotopic (exact) mass is 491 g/mol. The number of carbonyl (C=O) groups excluding carboxylic acids is 2. The second kappa shape index (κ2) is 9.71. The number of hydrogen-bond donors (Lipinski definition) is 1. The molecule has 12 heteroatoms. The lowest BCUT2D eigenvalue weighted by Crippen LogP contribution is -2.24. The van der Waals surface area contributed by atoms with Gasteiger partial charge in [-0.2, -0.15) is 0 Å². The van der Waals surface area contributed by atoms with Crippen molar-refractivity contribution in [2.45, 2.75) is 38.0 Å². The van der Waals surface area contributed by atoms with Gasteiger partial charge >= 0.3 is 11.2 Å². The Kier molecular flexibility index (Phi) is 6.75. The SMILES string of the molecule is CCOC(=O)c1c(NC(=O)CS(=O)(=O)c2nnc(COc3ccccc3)o2)sc2c1CCC2. The van der Waals surface area contributed by atoms with Gasteiger partial charge in [-0.05, 0) is 43.9 Å². The topological polar surface area (TPSA) is 138 Å². The third-order valence-corrected chi connectivity index (χ3v) is 7.34. The van der Waals surface area contributed by atoms with Gasteiger partial charge in [-0.3, -0.25) is 4.79 Å². The van der Waals surface area contributed by atoms with Gasteiger partial charge in [-0.25, -0.2) is 13.2 Å². The molecule has 10 nitrogen and oxygen atoms in total. The number of hydrogen-bond acceptors (Lipinski definition) is 10. The Morgan fingerprint density at radius 2 is 1.97 bits per heavy atom. The number of benzene rings is 1. The van der Waals surface area contributed by atoms with Crippen LogP contribution in [0.1, 0.15) is 40.0 Å². The molecule has 0 bridgehead atoms. The van der Waals surface area contributed by atoms with E-state index in [9.17, 15) is 18.0 Å². The van der Waals surface area contributed by atoms with Gasteiger partial charge in [0.05, 0.1) is 12.2 Å². The summed E-state index contributed by atoms with van der Waals surface area (Å²) in [7, 11) is -4.20. The van der Waals surface area contributed by atoms with Crippen LogP contribution in [0.15, 0.2) is 40.0 Å². The summed E-state index contributed by atoms with van der Waals surface area (Å²) in [6, 6.07) is 8.85. The lowest BCUT2D eigenvalue weighted by atomic mass is 10.1. The number of ether oxygens (including phenoxy) is 2. The number of sulfone groups is 1. The summed E-state index contributed by atoms with van der Waals surface area (Å²) < 4.78 is 40.9. The molecular formula is C21H21N3O7S2. The highest BCUT2D eigenvalue weighted by Gasteiger charge is 2.31. The molecule has 0 aliphatic heterocycles. The fraction of sp³-hybridized carbons (Fsp3) is 0.333. The number of esters is 1. The second-order valence-corrected chi connectivity index (χ2v) is 10.1. The number of fused-ring (bicyclic) bond motifs is 1. The van der Waals surface area contributed by atoms with Crippen molar-refractivity contribution in [3.8, 4) is 5.75 Å². The van der Waals surface area contributed by atoms with E-state index in [1.807, 2.05) is 6.07 Å². The lowest BCUT2D eigenvalue weighted by molar-refractivity contribution is -0.113. The summed E-state index contributed by atoms with van der Waals surface area (Å²) in [5, 5.41) is 9.36. The molecular weight excluding hydrogens is 470 g/mol. The van der Waals surface area contributed by atoms with Crippen molar-refractivity contribution in [3.63, 3.8) is 0 Å². The number of carbonyl (C=O) groups is 2. The van der Waals surface area contributed by atoms with Crippen LogP contribution in [-0.4, -0.2) is 42.9 Å².